The average molecular weight is 140 g/mol. The Bertz CT molecular complexity index is 208. The van der Waals surface area contributed by atoms with Crippen LogP contribution in [0.3, 0.4) is 0 Å². The molecule has 1 unspecified atom stereocenters. The highest BCUT2D eigenvalue weighted by molar-refractivity contribution is 5.02. The van der Waals surface area contributed by atoms with Gasteiger partial charge in [-0.1, -0.05) is 0 Å². The van der Waals surface area contributed by atoms with Crippen molar-refractivity contribution in [2.24, 2.45) is 0 Å². The van der Waals surface area contributed by atoms with Gasteiger partial charge in [-0.25, -0.2) is 4.98 Å². The monoisotopic (exact) mass is 140 g/mol. The average Bonchev–Trinajstić information content (AvgIpc) is 2.11. The molecule has 10 heavy (non-hydrogen) atoms. The van der Waals surface area contributed by atoms with Crippen molar-refractivity contribution in [3.63, 3.8) is 0 Å². The molecule has 0 spiro atoms. The van der Waals surface area contributed by atoms with Gasteiger partial charge in [0.15, 0.2) is 0 Å². The van der Waals surface area contributed by atoms with Crippen LogP contribution >= 0.6 is 0 Å². The van der Waals surface area contributed by atoms with Crippen LogP contribution in [0, 0.1) is 13.8 Å². The second kappa shape index (κ2) is 2.42. The Balaban J connectivity index is 3.10. The second-order valence-corrected chi connectivity index (χ2v) is 2.45. The Labute approximate surface area is 60.3 Å². The Morgan fingerprint density at radius 1 is 1.60 bits per heavy atom. The van der Waals surface area contributed by atoms with Gasteiger partial charge in [0.1, 0.15) is 12.1 Å². The zero-order valence-electron chi connectivity index (χ0n) is 6.50. The third-order valence-corrected chi connectivity index (χ3v) is 1.54. The van der Waals surface area contributed by atoms with Crippen molar-refractivity contribution < 1.29 is 5.11 Å². The minimum atomic E-state index is -0.470. The van der Waals surface area contributed by atoms with Crippen LogP contribution in [-0.2, 0) is 0 Å². The molecule has 3 heteroatoms. The number of hydrogen-bond donors (Lipinski definition) is 1. The van der Waals surface area contributed by atoms with Gasteiger partial charge in [-0.05, 0) is 20.8 Å². The molecule has 0 aromatic carbocycles. The quantitative estimate of drug-likeness (QED) is 0.632. The first-order valence-corrected chi connectivity index (χ1v) is 3.31. The molecule has 1 rings (SSSR count). The molecule has 1 heterocycles. The van der Waals surface area contributed by atoms with Crippen molar-refractivity contribution in [2.75, 3.05) is 0 Å². The molecule has 0 aliphatic rings. The van der Waals surface area contributed by atoms with E-state index in [2.05, 4.69) is 4.98 Å². The summed E-state index contributed by atoms with van der Waals surface area (Å²) in [6, 6.07) is 0. The van der Waals surface area contributed by atoms with Gasteiger partial charge in [0.05, 0.1) is 0 Å². The smallest absolute Gasteiger partial charge is 0.129 e. The topological polar surface area (TPSA) is 38.0 Å². The van der Waals surface area contributed by atoms with Crippen molar-refractivity contribution in [1.29, 1.82) is 0 Å². The third kappa shape index (κ3) is 1.04. The van der Waals surface area contributed by atoms with E-state index in [0.29, 0.717) is 0 Å². The van der Waals surface area contributed by atoms with Crippen LogP contribution in [0.1, 0.15) is 24.7 Å². The number of aryl methyl sites for hydroxylation is 2. The fraction of sp³-hybridized carbons (Fsp3) is 0.571. The molecule has 1 aromatic heterocycles. The van der Waals surface area contributed by atoms with Crippen molar-refractivity contribution in [1.82, 2.24) is 9.55 Å². The van der Waals surface area contributed by atoms with E-state index >= 15 is 0 Å². The first kappa shape index (κ1) is 7.28. The largest absolute Gasteiger partial charge is 0.374 e. The Hall–Kier alpha value is -0.830. The number of hydrogen-bond acceptors (Lipinski definition) is 2. The van der Waals surface area contributed by atoms with Crippen LogP contribution in [0.5, 0.6) is 0 Å². The van der Waals surface area contributed by atoms with Crippen LogP contribution < -0.4 is 0 Å². The molecule has 0 radical (unpaired) electrons. The lowest BCUT2D eigenvalue weighted by Crippen LogP contribution is -2.07. The van der Waals surface area contributed by atoms with E-state index in [4.69, 9.17) is 0 Å². The summed E-state index contributed by atoms with van der Waals surface area (Å²) in [5.74, 6) is 0.854. The standard InChI is InChI=1S/C7H12N2O/c1-5-4-8-6(2)9(5)7(3)10/h4,7,10H,1-3H3. The first-order valence-electron chi connectivity index (χ1n) is 3.31. The summed E-state index contributed by atoms with van der Waals surface area (Å²) < 4.78 is 1.78. The van der Waals surface area contributed by atoms with Crippen molar-refractivity contribution in [2.45, 2.75) is 27.0 Å². The molecule has 0 aliphatic carbocycles. The van der Waals surface area contributed by atoms with Gasteiger partial charge in [-0.2, -0.15) is 0 Å². The molecule has 0 aliphatic heterocycles. The maximum atomic E-state index is 9.20. The van der Waals surface area contributed by atoms with Gasteiger partial charge >= 0.3 is 0 Å². The summed E-state index contributed by atoms with van der Waals surface area (Å²) in [6.45, 7) is 5.52. The molecule has 56 valence electrons. The van der Waals surface area contributed by atoms with Gasteiger partial charge in [0.25, 0.3) is 0 Å². The number of aromatic nitrogens is 2. The highest BCUT2D eigenvalue weighted by atomic mass is 16.3. The molecule has 0 saturated heterocycles. The summed E-state index contributed by atoms with van der Waals surface area (Å²) in [5, 5.41) is 9.20. The zero-order chi connectivity index (χ0) is 7.72. The molecule has 0 amide bonds. The number of aliphatic hydroxyl groups is 1. The Morgan fingerprint density at radius 3 is 2.40 bits per heavy atom. The summed E-state index contributed by atoms with van der Waals surface area (Å²) in [5.41, 5.74) is 0.993. The molecular formula is C7H12N2O. The molecular weight excluding hydrogens is 128 g/mol. The van der Waals surface area contributed by atoms with E-state index in [0.717, 1.165) is 11.5 Å². The molecule has 1 N–H and O–H groups in total. The van der Waals surface area contributed by atoms with Gasteiger partial charge in [0, 0.05) is 11.9 Å². The summed E-state index contributed by atoms with van der Waals surface area (Å²) in [7, 11) is 0. The SMILES string of the molecule is Cc1cnc(C)n1C(C)O. The van der Waals surface area contributed by atoms with Gasteiger partial charge in [-0.3, -0.25) is 0 Å². The maximum absolute atomic E-state index is 9.20. The van der Waals surface area contributed by atoms with E-state index in [-0.39, 0.29) is 0 Å². The van der Waals surface area contributed by atoms with Crippen molar-refractivity contribution in [3.8, 4) is 0 Å². The highest BCUT2D eigenvalue weighted by Crippen LogP contribution is 2.08. The lowest BCUT2D eigenvalue weighted by molar-refractivity contribution is 0.120. The van der Waals surface area contributed by atoms with Crippen LogP contribution in [0.2, 0.25) is 0 Å². The van der Waals surface area contributed by atoms with Gasteiger partial charge in [-0.15, -0.1) is 0 Å². The normalized spacial score (nSPS) is 13.6. The number of nitrogens with zero attached hydrogens (tertiary/aromatic N) is 2. The van der Waals surface area contributed by atoms with Gasteiger partial charge < -0.3 is 9.67 Å². The molecule has 0 saturated carbocycles. The maximum Gasteiger partial charge on any atom is 0.129 e. The Morgan fingerprint density at radius 2 is 2.20 bits per heavy atom. The predicted molar refractivity (Wildman–Crippen MR) is 38.6 cm³/mol. The van der Waals surface area contributed by atoms with E-state index in [1.807, 2.05) is 13.8 Å². The fourth-order valence-corrected chi connectivity index (χ4v) is 1.13. The molecule has 3 nitrogen and oxygen atoms in total. The molecule has 1 atom stereocenters. The van der Waals surface area contributed by atoms with Crippen molar-refractivity contribution >= 4 is 0 Å². The third-order valence-electron chi connectivity index (χ3n) is 1.54. The number of rotatable bonds is 1. The second-order valence-electron chi connectivity index (χ2n) is 2.45. The summed E-state index contributed by atoms with van der Waals surface area (Å²) in [6.07, 6.45) is 1.28. The van der Waals surface area contributed by atoms with Crippen LogP contribution in [0.4, 0.5) is 0 Å². The van der Waals surface area contributed by atoms with E-state index in [1.54, 1.807) is 17.7 Å². The summed E-state index contributed by atoms with van der Waals surface area (Å²) in [4.78, 5) is 4.04. The molecule has 1 aromatic rings. The minimum absolute atomic E-state index is 0.470. The van der Waals surface area contributed by atoms with E-state index < -0.39 is 6.23 Å². The lowest BCUT2D eigenvalue weighted by Gasteiger charge is -2.09. The molecule has 0 fully saturated rings. The number of aliphatic hydroxyl groups excluding tert-OH is 1. The van der Waals surface area contributed by atoms with Crippen LogP contribution in [0.25, 0.3) is 0 Å². The zero-order valence-corrected chi connectivity index (χ0v) is 6.50. The van der Waals surface area contributed by atoms with E-state index in [9.17, 15) is 5.11 Å². The fourth-order valence-electron chi connectivity index (χ4n) is 1.13. The van der Waals surface area contributed by atoms with Gasteiger partial charge in [0.2, 0.25) is 0 Å². The predicted octanol–water partition coefficient (Wildman–Crippen LogP) is 1.01. The molecule has 0 bridgehead atoms. The minimum Gasteiger partial charge on any atom is -0.374 e. The Kier molecular flexibility index (Phi) is 1.76. The summed E-state index contributed by atoms with van der Waals surface area (Å²) >= 11 is 0. The lowest BCUT2D eigenvalue weighted by atomic mass is 10.5. The number of imidazole rings is 1. The highest BCUT2D eigenvalue weighted by Gasteiger charge is 2.05. The first-order chi connectivity index (χ1) is 4.63. The van der Waals surface area contributed by atoms with Crippen molar-refractivity contribution in [3.05, 3.63) is 17.7 Å². The van der Waals surface area contributed by atoms with Crippen LogP contribution in [-0.4, -0.2) is 14.7 Å². The van der Waals surface area contributed by atoms with E-state index in [1.165, 1.54) is 0 Å². The van der Waals surface area contributed by atoms with Crippen LogP contribution in [0.15, 0.2) is 6.20 Å².